The summed E-state index contributed by atoms with van der Waals surface area (Å²) in [5.74, 6) is 1.74. The second-order valence-corrected chi connectivity index (χ2v) is 6.47. The Morgan fingerprint density at radius 1 is 1.50 bits per heavy atom. The zero-order valence-corrected chi connectivity index (χ0v) is 12.6. The van der Waals surface area contributed by atoms with Gasteiger partial charge in [-0.1, -0.05) is 25.5 Å². The summed E-state index contributed by atoms with van der Waals surface area (Å²) in [6, 6.07) is 7.21. The van der Waals surface area contributed by atoms with E-state index in [1.165, 1.54) is 36.8 Å². The first-order chi connectivity index (χ1) is 9.69. The topological polar surface area (TPSA) is 21.3 Å². The number of ether oxygens (including phenoxy) is 1. The maximum Gasteiger partial charge on any atom is 0.119 e. The normalized spacial score (nSPS) is 31.5. The molecule has 0 saturated heterocycles. The van der Waals surface area contributed by atoms with Crippen LogP contribution in [-0.2, 0) is 11.8 Å². The molecule has 20 heavy (non-hydrogen) atoms. The molecule has 2 bridgehead atoms. The number of benzene rings is 1. The van der Waals surface area contributed by atoms with Gasteiger partial charge in [-0.2, -0.15) is 0 Å². The summed E-state index contributed by atoms with van der Waals surface area (Å²) in [5, 5.41) is 3.73. The van der Waals surface area contributed by atoms with Gasteiger partial charge < -0.3 is 10.1 Å². The Hall–Kier alpha value is -1.28. The summed E-state index contributed by atoms with van der Waals surface area (Å²) >= 11 is 0. The van der Waals surface area contributed by atoms with Crippen LogP contribution in [0.15, 0.2) is 30.9 Å². The summed E-state index contributed by atoms with van der Waals surface area (Å²) in [4.78, 5) is 0. The maximum atomic E-state index is 5.44. The van der Waals surface area contributed by atoms with Crippen LogP contribution in [0.4, 0.5) is 0 Å². The molecule has 2 nitrogen and oxygen atoms in total. The number of fused-ring (bicyclic) bond motifs is 4. The highest BCUT2D eigenvalue weighted by Crippen LogP contribution is 2.49. The van der Waals surface area contributed by atoms with Gasteiger partial charge >= 0.3 is 0 Å². The van der Waals surface area contributed by atoms with Crippen LogP contribution in [0.5, 0.6) is 5.75 Å². The molecule has 2 aliphatic carbocycles. The highest BCUT2D eigenvalue weighted by Gasteiger charge is 2.47. The van der Waals surface area contributed by atoms with Crippen molar-refractivity contribution in [3.05, 3.63) is 42.0 Å². The highest BCUT2D eigenvalue weighted by molar-refractivity contribution is 5.45. The van der Waals surface area contributed by atoms with Crippen LogP contribution in [0.25, 0.3) is 0 Å². The number of hydrogen-bond acceptors (Lipinski definition) is 2. The Morgan fingerprint density at radius 2 is 2.35 bits per heavy atom. The number of nitrogens with one attached hydrogen (secondary N) is 1. The third-order valence-electron chi connectivity index (χ3n) is 5.33. The third-order valence-corrected chi connectivity index (χ3v) is 5.33. The molecule has 2 unspecified atom stereocenters. The molecule has 108 valence electrons. The Kier molecular flexibility index (Phi) is 3.59. The third kappa shape index (κ3) is 2.07. The Balaban J connectivity index is 2.03. The fraction of sp³-hybridized carbons (Fsp3) is 0.556. The molecule has 3 atom stereocenters. The predicted octanol–water partition coefficient (Wildman–Crippen LogP) is 3.45. The van der Waals surface area contributed by atoms with Crippen LogP contribution >= 0.6 is 0 Å². The minimum Gasteiger partial charge on any atom is -0.497 e. The van der Waals surface area contributed by atoms with E-state index in [1.54, 1.807) is 7.11 Å². The second-order valence-electron chi connectivity index (χ2n) is 6.47. The predicted molar refractivity (Wildman–Crippen MR) is 83.4 cm³/mol. The molecule has 0 heterocycles. The Morgan fingerprint density at radius 3 is 3.10 bits per heavy atom. The largest absolute Gasteiger partial charge is 0.497 e. The molecule has 1 N–H and O–H groups in total. The smallest absolute Gasteiger partial charge is 0.119 e. The molecule has 1 saturated carbocycles. The number of hydrogen-bond donors (Lipinski definition) is 1. The van der Waals surface area contributed by atoms with Crippen molar-refractivity contribution in [1.29, 1.82) is 0 Å². The number of methoxy groups -OCH3 is 1. The van der Waals surface area contributed by atoms with Gasteiger partial charge in [-0.05, 0) is 48.4 Å². The van der Waals surface area contributed by atoms with Crippen molar-refractivity contribution in [1.82, 2.24) is 5.32 Å². The van der Waals surface area contributed by atoms with Crippen LogP contribution in [-0.4, -0.2) is 19.7 Å². The lowest BCUT2D eigenvalue weighted by Gasteiger charge is -2.51. The standard InChI is InChI=1S/C18H25NO/c1-4-10-19-17-14-6-5-9-18(17,2)16-12-15(20-3)8-7-13(16)11-14/h4,7-8,12,14,17,19H,1,5-6,9-11H2,2-3H3/t14?,17?,18-/m1/s1. The van der Waals surface area contributed by atoms with E-state index in [9.17, 15) is 0 Å². The summed E-state index contributed by atoms with van der Waals surface area (Å²) in [6.07, 6.45) is 7.11. The first-order valence-electron chi connectivity index (χ1n) is 7.70. The van der Waals surface area contributed by atoms with Gasteiger partial charge in [0.2, 0.25) is 0 Å². The molecule has 0 radical (unpaired) electrons. The molecule has 2 heteroatoms. The summed E-state index contributed by atoms with van der Waals surface area (Å²) in [7, 11) is 1.75. The van der Waals surface area contributed by atoms with Crippen molar-refractivity contribution >= 4 is 0 Å². The van der Waals surface area contributed by atoms with E-state index < -0.39 is 0 Å². The van der Waals surface area contributed by atoms with Gasteiger partial charge in [0.25, 0.3) is 0 Å². The van der Waals surface area contributed by atoms with Gasteiger partial charge in [-0.3, -0.25) is 0 Å². The van der Waals surface area contributed by atoms with Crippen molar-refractivity contribution in [2.75, 3.05) is 13.7 Å². The average Bonchev–Trinajstić information content (AvgIpc) is 2.45. The van der Waals surface area contributed by atoms with Crippen molar-refractivity contribution in [2.45, 2.75) is 44.1 Å². The van der Waals surface area contributed by atoms with Crippen LogP contribution in [0, 0.1) is 5.92 Å². The molecular formula is C18H25NO. The molecule has 0 amide bonds. The molecule has 0 spiro atoms. The Bertz CT molecular complexity index is 510. The van der Waals surface area contributed by atoms with Crippen LogP contribution in [0.2, 0.25) is 0 Å². The fourth-order valence-corrected chi connectivity index (χ4v) is 4.37. The van der Waals surface area contributed by atoms with E-state index in [4.69, 9.17) is 4.74 Å². The zero-order valence-electron chi connectivity index (χ0n) is 12.6. The average molecular weight is 271 g/mol. The van der Waals surface area contributed by atoms with E-state index in [0.29, 0.717) is 6.04 Å². The van der Waals surface area contributed by atoms with E-state index >= 15 is 0 Å². The monoisotopic (exact) mass is 271 g/mol. The molecule has 1 fully saturated rings. The molecule has 0 aliphatic heterocycles. The Labute approximate surface area is 122 Å². The van der Waals surface area contributed by atoms with Crippen LogP contribution in [0.3, 0.4) is 0 Å². The van der Waals surface area contributed by atoms with Crippen molar-refractivity contribution in [3.8, 4) is 5.75 Å². The summed E-state index contributed by atoms with van der Waals surface area (Å²) in [5.41, 5.74) is 3.25. The molecule has 0 aromatic heterocycles. The lowest BCUT2D eigenvalue weighted by Crippen LogP contribution is -2.57. The van der Waals surface area contributed by atoms with Crippen LogP contribution < -0.4 is 10.1 Å². The maximum absolute atomic E-state index is 5.44. The highest BCUT2D eigenvalue weighted by atomic mass is 16.5. The molecule has 1 aromatic rings. The molecule has 2 aliphatic rings. The minimum absolute atomic E-state index is 0.230. The van der Waals surface area contributed by atoms with Gasteiger partial charge in [0.15, 0.2) is 0 Å². The lowest BCUT2D eigenvalue weighted by atomic mass is 9.57. The van der Waals surface area contributed by atoms with Crippen LogP contribution in [0.1, 0.15) is 37.3 Å². The van der Waals surface area contributed by atoms with Crippen molar-refractivity contribution in [2.24, 2.45) is 5.92 Å². The quantitative estimate of drug-likeness (QED) is 0.847. The SMILES string of the molecule is C=CCNC1C2CCC[C@]1(C)c1cc(OC)ccc1C2. The summed E-state index contributed by atoms with van der Waals surface area (Å²) in [6.45, 7) is 7.18. The molecular weight excluding hydrogens is 246 g/mol. The number of rotatable bonds is 4. The van der Waals surface area contributed by atoms with Gasteiger partial charge in [0.1, 0.15) is 5.75 Å². The first-order valence-corrected chi connectivity index (χ1v) is 7.70. The van der Waals surface area contributed by atoms with Crippen molar-refractivity contribution in [3.63, 3.8) is 0 Å². The van der Waals surface area contributed by atoms with E-state index in [0.717, 1.165) is 18.2 Å². The van der Waals surface area contributed by atoms with Gasteiger partial charge in [-0.25, -0.2) is 0 Å². The molecule has 1 aromatic carbocycles. The first kappa shape index (κ1) is 13.7. The van der Waals surface area contributed by atoms with Gasteiger partial charge in [-0.15, -0.1) is 6.58 Å². The van der Waals surface area contributed by atoms with E-state index in [1.807, 2.05) is 6.08 Å². The lowest BCUT2D eigenvalue weighted by molar-refractivity contribution is 0.144. The minimum atomic E-state index is 0.230. The molecule has 3 rings (SSSR count). The van der Waals surface area contributed by atoms with Gasteiger partial charge in [0.05, 0.1) is 7.11 Å². The summed E-state index contributed by atoms with van der Waals surface area (Å²) < 4.78 is 5.44. The van der Waals surface area contributed by atoms with Gasteiger partial charge in [0, 0.05) is 18.0 Å². The van der Waals surface area contributed by atoms with E-state index in [-0.39, 0.29) is 5.41 Å². The zero-order chi connectivity index (χ0) is 14.2. The fourth-order valence-electron chi connectivity index (χ4n) is 4.37. The van der Waals surface area contributed by atoms with Crippen molar-refractivity contribution < 1.29 is 4.74 Å². The van der Waals surface area contributed by atoms with E-state index in [2.05, 4.69) is 37.0 Å². The second kappa shape index (κ2) is 5.25.